The molecule has 0 fully saturated rings. The first-order valence-electron chi connectivity index (χ1n) is 6.50. The Morgan fingerprint density at radius 2 is 1.71 bits per heavy atom. The minimum Gasteiger partial charge on any atom is -0.497 e. The number of aromatic nitrogens is 1. The summed E-state index contributed by atoms with van der Waals surface area (Å²) in [5, 5.41) is 1.40. The molecule has 0 radical (unpaired) electrons. The van der Waals surface area contributed by atoms with E-state index in [4.69, 9.17) is 21.1 Å². The van der Waals surface area contributed by atoms with Crippen LogP contribution in [0.1, 0.15) is 0 Å². The van der Waals surface area contributed by atoms with Gasteiger partial charge in [0.15, 0.2) is 0 Å². The third-order valence-corrected chi connectivity index (χ3v) is 3.62. The molecule has 0 N–H and O–H groups in total. The third-order valence-electron chi connectivity index (χ3n) is 3.32. The van der Waals surface area contributed by atoms with E-state index in [1.165, 1.54) is 0 Å². The average Bonchev–Trinajstić information content (AvgIpc) is 2.54. The minimum absolute atomic E-state index is 0.610. The van der Waals surface area contributed by atoms with Crippen LogP contribution in [0.4, 0.5) is 0 Å². The molecule has 0 aliphatic rings. The van der Waals surface area contributed by atoms with Gasteiger partial charge in [0, 0.05) is 17.7 Å². The van der Waals surface area contributed by atoms with E-state index < -0.39 is 0 Å². The van der Waals surface area contributed by atoms with Crippen molar-refractivity contribution in [3.63, 3.8) is 0 Å². The zero-order chi connectivity index (χ0) is 14.8. The molecule has 0 saturated carbocycles. The first-order chi connectivity index (χ1) is 10.2. The van der Waals surface area contributed by atoms with E-state index >= 15 is 0 Å². The van der Waals surface area contributed by atoms with Gasteiger partial charge in [0.2, 0.25) is 0 Å². The summed E-state index contributed by atoms with van der Waals surface area (Å²) in [7, 11) is 3.22. The Balaban J connectivity index is 2.28. The van der Waals surface area contributed by atoms with E-state index in [1.807, 2.05) is 42.5 Å². The van der Waals surface area contributed by atoms with Crippen LogP contribution in [0.15, 0.2) is 48.5 Å². The van der Waals surface area contributed by atoms with Gasteiger partial charge in [-0.15, -0.1) is 0 Å². The van der Waals surface area contributed by atoms with Crippen molar-refractivity contribution in [1.29, 1.82) is 0 Å². The lowest BCUT2D eigenvalue weighted by molar-refractivity contribution is 0.398. The summed E-state index contributed by atoms with van der Waals surface area (Å²) in [6.45, 7) is 0. The highest BCUT2D eigenvalue weighted by Gasteiger charge is 2.12. The van der Waals surface area contributed by atoms with Crippen LogP contribution in [0.5, 0.6) is 11.5 Å². The second kappa shape index (κ2) is 5.62. The van der Waals surface area contributed by atoms with Crippen molar-refractivity contribution < 1.29 is 9.47 Å². The van der Waals surface area contributed by atoms with Crippen molar-refractivity contribution in [2.45, 2.75) is 0 Å². The number of fused-ring (bicyclic) bond motifs is 1. The van der Waals surface area contributed by atoms with Crippen molar-refractivity contribution in [1.82, 2.24) is 4.98 Å². The Kier molecular flexibility index (Phi) is 3.67. The van der Waals surface area contributed by atoms with E-state index in [0.717, 1.165) is 22.2 Å². The van der Waals surface area contributed by atoms with E-state index in [9.17, 15) is 0 Å². The van der Waals surface area contributed by atoms with Gasteiger partial charge in [-0.05, 0) is 6.07 Å². The second-order valence-corrected chi connectivity index (χ2v) is 4.99. The number of benzene rings is 2. The minimum atomic E-state index is 0.610. The topological polar surface area (TPSA) is 31.4 Å². The molecular formula is C17H14ClNO2. The molecule has 0 aliphatic carbocycles. The summed E-state index contributed by atoms with van der Waals surface area (Å²) in [5.74, 6) is 1.34. The smallest absolute Gasteiger partial charge is 0.133 e. The zero-order valence-corrected chi connectivity index (χ0v) is 12.5. The van der Waals surface area contributed by atoms with Crippen LogP contribution in [0.2, 0.25) is 5.02 Å². The molecule has 0 unspecified atom stereocenters. The van der Waals surface area contributed by atoms with Crippen molar-refractivity contribution in [2.24, 2.45) is 0 Å². The molecule has 0 amide bonds. The quantitative estimate of drug-likeness (QED) is 0.710. The summed E-state index contributed by atoms with van der Waals surface area (Å²) in [4.78, 5) is 4.68. The SMILES string of the molecule is COc1cc(OC)c2c(Cl)cc(-c3ccccc3)nc2c1. The molecule has 3 rings (SSSR count). The van der Waals surface area contributed by atoms with Gasteiger partial charge in [0.05, 0.1) is 35.8 Å². The maximum absolute atomic E-state index is 6.43. The molecule has 0 aliphatic heterocycles. The number of hydrogen-bond acceptors (Lipinski definition) is 3. The molecule has 21 heavy (non-hydrogen) atoms. The number of hydrogen-bond donors (Lipinski definition) is 0. The maximum Gasteiger partial charge on any atom is 0.133 e. The second-order valence-electron chi connectivity index (χ2n) is 4.58. The predicted molar refractivity (Wildman–Crippen MR) is 85.3 cm³/mol. The summed E-state index contributed by atoms with van der Waals surface area (Å²) >= 11 is 6.43. The Morgan fingerprint density at radius 3 is 2.38 bits per heavy atom. The molecule has 3 nitrogen and oxygen atoms in total. The largest absolute Gasteiger partial charge is 0.497 e. The van der Waals surface area contributed by atoms with Gasteiger partial charge >= 0.3 is 0 Å². The lowest BCUT2D eigenvalue weighted by Crippen LogP contribution is -1.93. The molecule has 106 valence electrons. The van der Waals surface area contributed by atoms with Crippen molar-refractivity contribution in [3.05, 3.63) is 53.6 Å². The average molecular weight is 300 g/mol. The first-order valence-corrected chi connectivity index (χ1v) is 6.88. The molecule has 0 spiro atoms. The van der Waals surface area contributed by atoms with Crippen LogP contribution in [0.3, 0.4) is 0 Å². The monoisotopic (exact) mass is 299 g/mol. The van der Waals surface area contributed by atoms with Crippen LogP contribution in [0.25, 0.3) is 22.2 Å². The highest BCUT2D eigenvalue weighted by atomic mass is 35.5. The van der Waals surface area contributed by atoms with Crippen LogP contribution in [-0.4, -0.2) is 19.2 Å². The predicted octanol–water partition coefficient (Wildman–Crippen LogP) is 4.57. The Labute approximate surface area is 128 Å². The summed E-state index contributed by atoms with van der Waals surface area (Å²) in [5.41, 5.74) is 2.59. The van der Waals surface area contributed by atoms with E-state index in [-0.39, 0.29) is 0 Å². The van der Waals surface area contributed by atoms with Gasteiger partial charge < -0.3 is 9.47 Å². The Morgan fingerprint density at radius 1 is 0.952 bits per heavy atom. The zero-order valence-electron chi connectivity index (χ0n) is 11.8. The van der Waals surface area contributed by atoms with Gasteiger partial charge in [-0.2, -0.15) is 0 Å². The van der Waals surface area contributed by atoms with Gasteiger partial charge in [-0.1, -0.05) is 41.9 Å². The van der Waals surface area contributed by atoms with Crippen LogP contribution < -0.4 is 9.47 Å². The number of pyridine rings is 1. The van der Waals surface area contributed by atoms with Crippen LogP contribution >= 0.6 is 11.6 Å². The van der Waals surface area contributed by atoms with E-state index in [2.05, 4.69) is 4.98 Å². The molecule has 0 saturated heterocycles. The molecule has 0 bridgehead atoms. The van der Waals surface area contributed by atoms with Gasteiger partial charge in [0.25, 0.3) is 0 Å². The van der Waals surface area contributed by atoms with E-state index in [1.54, 1.807) is 20.3 Å². The number of nitrogens with zero attached hydrogens (tertiary/aromatic N) is 1. The Bertz CT molecular complexity index is 788. The van der Waals surface area contributed by atoms with Crippen LogP contribution in [-0.2, 0) is 0 Å². The normalized spacial score (nSPS) is 10.6. The fraction of sp³-hybridized carbons (Fsp3) is 0.118. The summed E-state index contributed by atoms with van der Waals surface area (Å²) in [6.07, 6.45) is 0. The molecular weight excluding hydrogens is 286 g/mol. The first kappa shape index (κ1) is 13.7. The number of rotatable bonds is 3. The standard InChI is InChI=1S/C17H14ClNO2/c1-20-12-8-15-17(16(9-12)21-2)13(18)10-14(19-15)11-6-4-3-5-7-11/h3-10H,1-2H3. The molecule has 2 aromatic carbocycles. The molecule has 1 aromatic heterocycles. The summed E-state index contributed by atoms with van der Waals surface area (Å²) in [6, 6.07) is 15.4. The van der Waals surface area contributed by atoms with E-state index in [0.29, 0.717) is 16.5 Å². The Hall–Kier alpha value is -2.26. The van der Waals surface area contributed by atoms with Gasteiger partial charge in [0.1, 0.15) is 11.5 Å². The van der Waals surface area contributed by atoms with Crippen molar-refractivity contribution in [3.8, 4) is 22.8 Å². The number of halogens is 1. The number of ether oxygens (including phenoxy) is 2. The fourth-order valence-electron chi connectivity index (χ4n) is 2.29. The molecule has 3 aromatic rings. The van der Waals surface area contributed by atoms with Gasteiger partial charge in [-0.25, -0.2) is 4.98 Å². The summed E-state index contributed by atoms with van der Waals surface area (Å²) < 4.78 is 10.7. The molecule has 0 atom stereocenters. The number of methoxy groups -OCH3 is 2. The van der Waals surface area contributed by atoms with Crippen LogP contribution in [0, 0.1) is 0 Å². The van der Waals surface area contributed by atoms with Crippen molar-refractivity contribution >= 4 is 22.5 Å². The highest BCUT2D eigenvalue weighted by Crippen LogP contribution is 2.37. The molecule has 4 heteroatoms. The molecule has 1 heterocycles. The highest BCUT2D eigenvalue weighted by molar-refractivity contribution is 6.36. The lowest BCUT2D eigenvalue weighted by Gasteiger charge is -2.11. The lowest BCUT2D eigenvalue weighted by atomic mass is 10.1. The van der Waals surface area contributed by atoms with Gasteiger partial charge in [-0.3, -0.25) is 0 Å². The maximum atomic E-state index is 6.43. The third kappa shape index (κ3) is 2.52. The van der Waals surface area contributed by atoms with Crippen molar-refractivity contribution in [2.75, 3.05) is 14.2 Å². The fourth-order valence-corrected chi connectivity index (χ4v) is 2.59.